The van der Waals surface area contributed by atoms with Gasteiger partial charge in [-0.25, -0.2) is 14.5 Å². The van der Waals surface area contributed by atoms with Crippen molar-refractivity contribution < 1.29 is 19.4 Å². The molecule has 0 unspecified atom stereocenters. The number of carboxylic acid groups (broad SMARTS) is 1. The van der Waals surface area contributed by atoms with E-state index in [0.29, 0.717) is 23.9 Å². The second kappa shape index (κ2) is 8.12. The third kappa shape index (κ3) is 4.49. The zero-order valence-corrected chi connectivity index (χ0v) is 16.1. The summed E-state index contributed by atoms with van der Waals surface area (Å²) in [5.41, 5.74) is -0.341. The summed E-state index contributed by atoms with van der Waals surface area (Å²) in [7, 11) is 0. The number of hydrogen-bond acceptors (Lipinski definition) is 5. The Kier molecular flexibility index (Phi) is 5.63. The van der Waals surface area contributed by atoms with E-state index in [-0.39, 0.29) is 6.61 Å². The van der Waals surface area contributed by atoms with Crippen LogP contribution in [-0.2, 0) is 17.9 Å². The fraction of sp³-hybridized carbons (Fsp3) is 0.286. The molecule has 3 rings (SSSR count). The minimum absolute atomic E-state index is 0.272. The van der Waals surface area contributed by atoms with Crippen molar-refractivity contribution in [3.05, 3.63) is 60.4 Å². The molecule has 146 valence electrons. The number of ether oxygens (including phenoxy) is 2. The van der Waals surface area contributed by atoms with Crippen LogP contribution in [0.5, 0.6) is 11.5 Å². The van der Waals surface area contributed by atoms with Crippen molar-refractivity contribution in [2.24, 2.45) is 0 Å². The Morgan fingerprint density at radius 3 is 2.32 bits per heavy atom. The fourth-order valence-electron chi connectivity index (χ4n) is 2.53. The molecular formula is C21H23N3O4. The molecule has 28 heavy (non-hydrogen) atoms. The van der Waals surface area contributed by atoms with Crippen LogP contribution < -0.4 is 9.47 Å². The summed E-state index contributed by atoms with van der Waals surface area (Å²) in [6.45, 7) is 5.97. The molecule has 0 amide bonds. The first kappa shape index (κ1) is 19.4. The lowest BCUT2D eigenvalue weighted by Crippen LogP contribution is -2.37. The summed E-state index contributed by atoms with van der Waals surface area (Å²) < 4.78 is 13.1. The van der Waals surface area contributed by atoms with Gasteiger partial charge in [-0.05, 0) is 45.0 Å². The molecule has 0 radical (unpaired) electrons. The van der Waals surface area contributed by atoms with Gasteiger partial charge in [-0.15, -0.1) is 0 Å². The molecule has 7 nitrogen and oxygen atoms in total. The lowest BCUT2D eigenvalue weighted by molar-refractivity contribution is -0.152. The summed E-state index contributed by atoms with van der Waals surface area (Å²) >= 11 is 0. The molecule has 0 fully saturated rings. The van der Waals surface area contributed by atoms with Gasteiger partial charge in [0.15, 0.2) is 17.2 Å². The quantitative estimate of drug-likeness (QED) is 0.639. The van der Waals surface area contributed by atoms with Crippen LogP contribution in [0.2, 0.25) is 0 Å². The summed E-state index contributed by atoms with van der Waals surface area (Å²) in [4.78, 5) is 15.7. The number of carboxylic acids is 1. The van der Waals surface area contributed by atoms with E-state index >= 15 is 0 Å². The van der Waals surface area contributed by atoms with Crippen LogP contribution in [0, 0.1) is 0 Å². The van der Waals surface area contributed by atoms with E-state index in [1.54, 1.807) is 24.3 Å². The number of aryl methyl sites for hydroxylation is 1. The van der Waals surface area contributed by atoms with Gasteiger partial charge in [0.25, 0.3) is 0 Å². The molecule has 0 atom stereocenters. The SMILES string of the molecule is CCn1nc(-c2ccccc2)nc1COc1ccc(OC(C)(C)C(=O)O)cc1. The average Bonchev–Trinajstić information content (AvgIpc) is 3.11. The van der Waals surface area contributed by atoms with Gasteiger partial charge in [-0.3, -0.25) is 0 Å². The minimum atomic E-state index is -1.30. The van der Waals surface area contributed by atoms with Crippen molar-refractivity contribution in [3.8, 4) is 22.9 Å². The van der Waals surface area contributed by atoms with Gasteiger partial charge < -0.3 is 14.6 Å². The Hall–Kier alpha value is -3.35. The van der Waals surface area contributed by atoms with Gasteiger partial charge in [0.1, 0.15) is 18.1 Å². The second-order valence-corrected chi connectivity index (χ2v) is 6.71. The van der Waals surface area contributed by atoms with E-state index in [9.17, 15) is 4.79 Å². The Balaban J connectivity index is 1.67. The van der Waals surface area contributed by atoms with E-state index in [2.05, 4.69) is 10.1 Å². The number of benzene rings is 2. The van der Waals surface area contributed by atoms with Gasteiger partial charge in [0, 0.05) is 12.1 Å². The van der Waals surface area contributed by atoms with Crippen LogP contribution in [-0.4, -0.2) is 31.4 Å². The number of aromatic nitrogens is 3. The standard InChI is InChI=1S/C21H23N3O4/c1-4-24-18(22-19(23-24)15-8-6-5-7-9-15)14-27-16-10-12-17(13-11-16)28-21(2,3)20(25)26/h5-13H,4,14H2,1-3H3,(H,25,26). The molecule has 1 aromatic heterocycles. The van der Waals surface area contributed by atoms with Crippen LogP contribution >= 0.6 is 0 Å². The zero-order valence-electron chi connectivity index (χ0n) is 16.1. The average molecular weight is 381 g/mol. The smallest absolute Gasteiger partial charge is 0.347 e. The molecule has 7 heteroatoms. The van der Waals surface area contributed by atoms with E-state index in [1.165, 1.54) is 13.8 Å². The molecular weight excluding hydrogens is 358 g/mol. The highest BCUT2D eigenvalue weighted by Crippen LogP contribution is 2.23. The van der Waals surface area contributed by atoms with E-state index in [0.717, 1.165) is 11.4 Å². The van der Waals surface area contributed by atoms with Crippen LogP contribution in [0.15, 0.2) is 54.6 Å². The highest BCUT2D eigenvalue weighted by atomic mass is 16.5. The van der Waals surface area contributed by atoms with Gasteiger partial charge in [0.2, 0.25) is 0 Å². The first-order chi connectivity index (χ1) is 13.4. The normalized spacial score (nSPS) is 11.2. The number of aliphatic carboxylic acids is 1. The number of nitrogens with zero attached hydrogens (tertiary/aromatic N) is 3. The molecule has 0 bridgehead atoms. The molecule has 1 heterocycles. The maximum atomic E-state index is 11.2. The van der Waals surface area contributed by atoms with Crippen molar-refractivity contribution in [3.63, 3.8) is 0 Å². The monoisotopic (exact) mass is 381 g/mol. The van der Waals surface area contributed by atoms with Gasteiger partial charge in [-0.1, -0.05) is 30.3 Å². The van der Waals surface area contributed by atoms with Crippen LogP contribution in [0.1, 0.15) is 26.6 Å². The van der Waals surface area contributed by atoms with Crippen molar-refractivity contribution in [1.82, 2.24) is 14.8 Å². The summed E-state index contributed by atoms with van der Waals surface area (Å²) in [6.07, 6.45) is 0. The second-order valence-electron chi connectivity index (χ2n) is 6.71. The third-order valence-electron chi connectivity index (χ3n) is 4.16. The number of rotatable bonds is 8. The molecule has 0 saturated carbocycles. The Bertz CT molecular complexity index is 934. The van der Waals surface area contributed by atoms with E-state index in [4.69, 9.17) is 14.6 Å². The summed E-state index contributed by atoms with van der Waals surface area (Å²) in [6, 6.07) is 16.6. The Labute approximate surface area is 163 Å². The minimum Gasteiger partial charge on any atom is -0.486 e. The van der Waals surface area contributed by atoms with Crippen LogP contribution in [0.3, 0.4) is 0 Å². The molecule has 3 aromatic rings. The van der Waals surface area contributed by atoms with Gasteiger partial charge >= 0.3 is 5.97 Å². The lowest BCUT2D eigenvalue weighted by atomic mass is 10.1. The van der Waals surface area contributed by atoms with Crippen molar-refractivity contribution in [1.29, 1.82) is 0 Å². The highest BCUT2D eigenvalue weighted by Gasteiger charge is 2.29. The Morgan fingerprint density at radius 1 is 1.07 bits per heavy atom. The number of hydrogen-bond donors (Lipinski definition) is 1. The first-order valence-corrected chi connectivity index (χ1v) is 9.03. The predicted molar refractivity (Wildman–Crippen MR) is 104 cm³/mol. The molecule has 0 saturated heterocycles. The van der Waals surface area contributed by atoms with Crippen molar-refractivity contribution >= 4 is 5.97 Å². The largest absolute Gasteiger partial charge is 0.486 e. The van der Waals surface area contributed by atoms with E-state index in [1.807, 2.05) is 41.9 Å². The lowest BCUT2D eigenvalue weighted by Gasteiger charge is -2.21. The molecule has 0 aliphatic heterocycles. The topological polar surface area (TPSA) is 86.5 Å². The zero-order chi connectivity index (χ0) is 20.1. The fourth-order valence-corrected chi connectivity index (χ4v) is 2.53. The molecule has 0 aliphatic rings. The number of carbonyl (C=O) groups is 1. The molecule has 0 spiro atoms. The first-order valence-electron chi connectivity index (χ1n) is 9.03. The van der Waals surface area contributed by atoms with Crippen molar-refractivity contribution in [2.45, 2.75) is 39.5 Å². The summed E-state index contributed by atoms with van der Waals surface area (Å²) in [5, 5.41) is 13.7. The summed E-state index contributed by atoms with van der Waals surface area (Å²) in [5.74, 6) is 1.46. The third-order valence-corrected chi connectivity index (χ3v) is 4.16. The van der Waals surface area contributed by atoms with Crippen LogP contribution in [0.4, 0.5) is 0 Å². The molecule has 1 N–H and O–H groups in total. The highest BCUT2D eigenvalue weighted by molar-refractivity contribution is 5.76. The molecule has 0 aliphatic carbocycles. The maximum absolute atomic E-state index is 11.2. The Morgan fingerprint density at radius 2 is 1.71 bits per heavy atom. The van der Waals surface area contributed by atoms with Crippen LogP contribution in [0.25, 0.3) is 11.4 Å². The van der Waals surface area contributed by atoms with Gasteiger partial charge in [-0.2, -0.15) is 5.10 Å². The predicted octanol–water partition coefficient (Wildman–Crippen LogP) is 3.79. The van der Waals surface area contributed by atoms with E-state index < -0.39 is 11.6 Å². The maximum Gasteiger partial charge on any atom is 0.347 e. The van der Waals surface area contributed by atoms with Crippen molar-refractivity contribution in [2.75, 3.05) is 0 Å². The molecule has 2 aromatic carbocycles. The van der Waals surface area contributed by atoms with Gasteiger partial charge in [0.05, 0.1) is 0 Å².